The van der Waals surface area contributed by atoms with Crippen LogP contribution in [0, 0.1) is 11.3 Å². The highest BCUT2D eigenvalue weighted by Gasteiger charge is 2.30. The third-order valence-electron chi connectivity index (χ3n) is 4.41. The molecule has 2 heterocycles. The number of alkyl halides is 3. The molecule has 0 aliphatic carbocycles. The Balaban J connectivity index is 2.00. The van der Waals surface area contributed by atoms with E-state index in [1.54, 1.807) is 16.8 Å². The van der Waals surface area contributed by atoms with Crippen molar-refractivity contribution in [3.05, 3.63) is 59.8 Å². The largest absolute Gasteiger partial charge is 0.478 e. The van der Waals surface area contributed by atoms with Crippen LogP contribution in [-0.4, -0.2) is 25.4 Å². The van der Waals surface area contributed by atoms with Crippen molar-refractivity contribution in [2.45, 2.75) is 12.7 Å². The number of halogens is 3. The summed E-state index contributed by atoms with van der Waals surface area (Å²) in [7, 11) is 0. The fraction of sp³-hybridized carbons (Fsp3) is 0.105. The number of fused-ring (bicyclic) bond motifs is 3. The molecule has 0 saturated heterocycles. The standard InChI is InChI=1S/C19H11F3N4O2/c20-19(21,22)12-2-4-13(5-3-12)26-16-6-1-11(18(27)28)9-14(16)15-10-25(8-7-23)24-17(15)26/h1-6,9-10H,8H2,(H,27,28). The molecule has 28 heavy (non-hydrogen) atoms. The van der Waals surface area contributed by atoms with Gasteiger partial charge in [0.1, 0.15) is 6.54 Å². The first-order valence-electron chi connectivity index (χ1n) is 8.09. The van der Waals surface area contributed by atoms with Gasteiger partial charge in [0.2, 0.25) is 0 Å². The van der Waals surface area contributed by atoms with Crippen LogP contribution in [0.5, 0.6) is 0 Å². The van der Waals surface area contributed by atoms with Crippen molar-refractivity contribution in [1.29, 1.82) is 5.26 Å². The van der Waals surface area contributed by atoms with Gasteiger partial charge in [0, 0.05) is 22.7 Å². The number of aromatic carboxylic acids is 1. The zero-order valence-electron chi connectivity index (χ0n) is 14.1. The second kappa shape index (κ2) is 6.13. The van der Waals surface area contributed by atoms with Crippen molar-refractivity contribution in [2.24, 2.45) is 0 Å². The van der Waals surface area contributed by atoms with E-state index in [2.05, 4.69) is 5.10 Å². The van der Waals surface area contributed by atoms with E-state index in [1.165, 1.54) is 28.9 Å². The Hall–Kier alpha value is -3.80. The van der Waals surface area contributed by atoms with Crippen LogP contribution >= 0.6 is 0 Å². The first kappa shape index (κ1) is 17.6. The fourth-order valence-corrected chi connectivity index (χ4v) is 3.17. The molecule has 0 amide bonds. The average Bonchev–Trinajstić information content (AvgIpc) is 3.17. The van der Waals surface area contributed by atoms with E-state index in [1.807, 2.05) is 6.07 Å². The van der Waals surface area contributed by atoms with Crippen molar-refractivity contribution >= 4 is 27.9 Å². The summed E-state index contributed by atoms with van der Waals surface area (Å²) >= 11 is 0. The molecular formula is C19H11F3N4O2. The number of hydrogen-bond acceptors (Lipinski definition) is 3. The van der Waals surface area contributed by atoms with E-state index in [-0.39, 0.29) is 12.1 Å². The monoisotopic (exact) mass is 384 g/mol. The molecule has 1 N–H and O–H groups in total. The molecule has 0 fully saturated rings. The van der Waals surface area contributed by atoms with Crippen molar-refractivity contribution < 1.29 is 23.1 Å². The number of carboxylic acids is 1. The summed E-state index contributed by atoms with van der Waals surface area (Å²) in [6.07, 6.45) is -2.83. The minimum Gasteiger partial charge on any atom is -0.478 e. The van der Waals surface area contributed by atoms with Crippen LogP contribution in [0.15, 0.2) is 48.7 Å². The smallest absolute Gasteiger partial charge is 0.416 e. The predicted molar refractivity (Wildman–Crippen MR) is 94.1 cm³/mol. The maximum absolute atomic E-state index is 12.9. The van der Waals surface area contributed by atoms with Crippen molar-refractivity contribution in [3.8, 4) is 11.8 Å². The normalized spacial score (nSPS) is 11.8. The summed E-state index contributed by atoms with van der Waals surface area (Å²) in [5.74, 6) is -1.10. The zero-order chi connectivity index (χ0) is 20.1. The summed E-state index contributed by atoms with van der Waals surface area (Å²) in [5, 5.41) is 23.7. The highest BCUT2D eigenvalue weighted by Crippen LogP contribution is 2.34. The van der Waals surface area contributed by atoms with Crippen LogP contribution in [0.2, 0.25) is 0 Å². The first-order valence-corrected chi connectivity index (χ1v) is 8.09. The van der Waals surface area contributed by atoms with E-state index in [0.29, 0.717) is 27.6 Å². The third kappa shape index (κ3) is 2.75. The summed E-state index contributed by atoms with van der Waals surface area (Å²) in [4.78, 5) is 11.3. The van der Waals surface area contributed by atoms with Crippen molar-refractivity contribution in [1.82, 2.24) is 14.3 Å². The third-order valence-corrected chi connectivity index (χ3v) is 4.41. The van der Waals surface area contributed by atoms with Gasteiger partial charge >= 0.3 is 12.1 Å². The van der Waals surface area contributed by atoms with Gasteiger partial charge in [0.05, 0.1) is 22.7 Å². The van der Waals surface area contributed by atoms with Crippen LogP contribution in [0.25, 0.3) is 27.6 Å². The van der Waals surface area contributed by atoms with Crippen LogP contribution in [0.1, 0.15) is 15.9 Å². The maximum atomic E-state index is 12.9. The lowest BCUT2D eigenvalue weighted by Gasteiger charge is -2.10. The van der Waals surface area contributed by atoms with Gasteiger partial charge in [0.25, 0.3) is 0 Å². The molecule has 0 radical (unpaired) electrons. The minimum atomic E-state index is -4.45. The molecule has 0 spiro atoms. The van der Waals surface area contributed by atoms with Gasteiger partial charge < -0.3 is 5.11 Å². The summed E-state index contributed by atoms with van der Waals surface area (Å²) in [6, 6.07) is 11.1. The summed E-state index contributed by atoms with van der Waals surface area (Å²) in [6.45, 7) is -0.0121. The van der Waals surface area contributed by atoms with Gasteiger partial charge in [-0.15, -0.1) is 0 Å². The molecule has 0 bridgehead atoms. The number of nitriles is 1. The van der Waals surface area contributed by atoms with Crippen molar-refractivity contribution in [2.75, 3.05) is 0 Å². The Kier molecular flexibility index (Phi) is 3.85. The van der Waals surface area contributed by atoms with Gasteiger partial charge in [0.15, 0.2) is 5.65 Å². The van der Waals surface area contributed by atoms with Crippen LogP contribution < -0.4 is 0 Å². The number of hydrogen-bond donors (Lipinski definition) is 1. The second-order valence-corrected chi connectivity index (χ2v) is 6.14. The molecule has 0 atom stereocenters. The van der Waals surface area contributed by atoms with E-state index >= 15 is 0 Å². The van der Waals surface area contributed by atoms with E-state index in [9.17, 15) is 23.1 Å². The minimum absolute atomic E-state index is 0.0121. The van der Waals surface area contributed by atoms with Gasteiger partial charge in [-0.25, -0.2) is 4.79 Å². The van der Waals surface area contributed by atoms with Gasteiger partial charge in [-0.1, -0.05) is 0 Å². The zero-order valence-corrected chi connectivity index (χ0v) is 14.1. The molecule has 0 aliphatic rings. The molecule has 4 aromatic rings. The molecule has 0 saturated carbocycles. The van der Waals surface area contributed by atoms with E-state index in [0.717, 1.165) is 12.1 Å². The Morgan fingerprint density at radius 2 is 1.86 bits per heavy atom. The number of nitrogens with zero attached hydrogens (tertiary/aromatic N) is 4. The number of rotatable bonds is 3. The van der Waals surface area contributed by atoms with Gasteiger partial charge in [-0.3, -0.25) is 9.25 Å². The highest BCUT2D eigenvalue weighted by molar-refractivity contribution is 6.09. The summed E-state index contributed by atoms with van der Waals surface area (Å²) < 4.78 is 41.6. The number of carboxylic acid groups (broad SMARTS) is 1. The Bertz CT molecular complexity index is 1260. The van der Waals surface area contributed by atoms with Crippen molar-refractivity contribution in [3.63, 3.8) is 0 Å². The van der Waals surface area contributed by atoms with Gasteiger partial charge in [-0.2, -0.15) is 23.5 Å². The average molecular weight is 384 g/mol. The molecule has 2 aromatic carbocycles. The van der Waals surface area contributed by atoms with Crippen LogP contribution in [-0.2, 0) is 12.7 Å². The lowest BCUT2D eigenvalue weighted by atomic mass is 10.1. The molecule has 0 unspecified atom stereocenters. The number of aromatic nitrogens is 3. The lowest BCUT2D eigenvalue weighted by Crippen LogP contribution is -2.05. The molecular weight excluding hydrogens is 373 g/mol. The lowest BCUT2D eigenvalue weighted by molar-refractivity contribution is -0.137. The first-order chi connectivity index (χ1) is 13.3. The topological polar surface area (TPSA) is 83.8 Å². The van der Waals surface area contributed by atoms with Crippen LogP contribution in [0.4, 0.5) is 13.2 Å². The number of carbonyl (C=O) groups is 1. The van der Waals surface area contributed by atoms with Crippen LogP contribution in [0.3, 0.4) is 0 Å². The van der Waals surface area contributed by atoms with E-state index in [4.69, 9.17) is 5.26 Å². The fourth-order valence-electron chi connectivity index (χ4n) is 3.17. The molecule has 4 rings (SSSR count). The van der Waals surface area contributed by atoms with Gasteiger partial charge in [-0.05, 0) is 42.5 Å². The quantitative estimate of drug-likeness (QED) is 0.573. The SMILES string of the molecule is N#CCn1cc2c3cc(C(=O)O)ccc3n(-c3ccc(C(F)(F)F)cc3)c2n1. The number of benzene rings is 2. The highest BCUT2D eigenvalue weighted by atomic mass is 19.4. The molecule has 2 aromatic heterocycles. The Morgan fingerprint density at radius 3 is 2.46 bits per heavy atom. The predicted octanol–water partition coefficient (Wildman–Crippen LogP) is 4.22. The Morgan fingerprint density at radius 1 is 1.14 bits per heavy atom. The molecule has 140 valence electrons. The maximum Gasteiger partial charge on any atom is 0.416 e. The molecule has 9 heteroatoms. The van der Waals surface area contributed by atoms with E-state index < -0.39 is 17.7 Å². The summed E-state index contributed by atoms with van der Waals surface area (Å²) in [5.41, 5.74) is 0.774. The second-order valence-electron chi connectivity index (χ2n) is 6.14. The Labute approximate surface area is 155 Å². The molecule has 0 aliphatic heterocycles. The molecule has 6 nitrogen and oxygen atoms in total.